The van der Waals surface area contributed by atoms with Crippen LogP contribution in [0.25, 0.3) is 10.4 Å². The second kappa shape index (κ2) is 7.12. The number of nitrogens with zero attached hydrogens (tertiary/aromatic N) is 5. The van der Waals surface area contributed by atoms with Crippen molar-refractivity contribution in [3.05, 3.63) is 34.2 Å². The zero-order valence-corrected chi connectivity index (χ0v) is 15.8. The summed E-state index contributed by atoms with van der Waals surface area (Å²) >= 11 is 0. The molecule has 2 saturated heterocycles. The lowest BCUT2D eigenvalue weighted by Crippen LogP contribution is -2.43. The van der Waals surface area contributed by atoms with Gasteiger partial charge in [0.1, 0.15) is 11.8 Å². The Morgan fingerprint density at radius 1 is 1.31 bits per heavy atom. The number of rotatable bonds is 4. The Balaban J connectivity index is 1.79. The van der Waals surface area contributed by atoms with Crippen molar-refractivity contribution in [1.29, 1.82) is 0 Å². The van der Waals surface area contributed by atoms with Crippen LogP contribution in [0.5, 0.6) is 0 Å². The van der Waals surface area contributed by atoms with Crippen LogP contribution in [-0.2, 0) is 4.74 Å². The van der Waals surface area contributed by atoms with Crippen LogP contribution in [0.4, 0.5) is 25.0 Å². The van der Waals surface area contributed by atoms with Gasteiger partial charge >= 0.3 is 6.09 Å². The van der Waals surface area contributed by atoms with Crippen molar-refractivity contribution in [3.63, 3.8) is 0 Å². The van der Waals surface area contributed by atoms with Gasteiger partial charge in [0.05, 0.1) is 26.9 Å². The van der Waals surface area contributed by atoms with Crippen molar-refractivity contribution in [3.8, 4) is 0 Å². The molecular weight excluding hydrogens is 360 g/mol. The van der Waals surface area contributed by atoms with Crippen molar-refractivity contribution in [2.24, 2.45) is 5.11 Å². The van der Waals surface area contributed by atoms with E-state index in [-0.39, 0.29) is 24.5 Å². The summed E-state index contributed by atoms with van der Waals surface area (Å²) in [5.41, 5.74) is 8.41. The summed E-state index contributed by atoms with van der Waals surface area (Å²) in [4.78, 5) is 17.5. The molecule has 7 nitrogen and oxygen atoms in total. The number of carbonyl (C=O) groups excluding carboxylic acids is 1. The maximum absolute atomic E-state index is 14.7. The summed E-state index contributed by atoms with van der Waals surface area (Å²) in [6, 6.07) is 4.31. The largest absolute Gasteiger partial charge is 0.444 e. The molecule has 10 heteroatoms. The fraction of sp³-hybridized carbons (Fsp3) is 0.562. The molecule has 0 radical (unpaired) electrons. The molecule has 0 aromatic heterocycles. The SMILES string of the molecule is C[Si]1(C)CCN(c2c(F)cc(N3C[C@H](CN=[N+]=[N-])OC3=O)cc2F)CC1. The first-order chi connectivity index (χ1) is 12.3. The molecule has 0 bridgehead atoms. The lowest BCUT2D eigenvalue weighted by atomic mass is 10.2. The highest BCUT2D eigenvalue weighted by atomic mass is 28.3. The van der Waals surface area contributed by atoms with E-state index in [2.05, 4.69) is 23.1 Å². The highest BCUT2D eigenvalue weighted by Gasteiger charge is 2.34. The Bertz CT molecular complexity index is 736. The van der Waals surface area contributed by atoms with Crippen molar-refractivity contribution < 1.29 is 18.3 Å². The maximum Gasteiger partial charge on any atom is 0.414 e. The summed E-state index contributed by atoms with van der Waals surface area (Å²) in [6.45, 7) is 5.92. The minimum atomic E-state index is -1.25. The fourth-order valence-electron chi connectivity index (χ4n) is 3.30. The summed E-state index contributed by atoms with van der Waals surface area (Å²) in [5, 5.41) is 3.36. The molecule has 140 valence electrons. The molecule has 1 amide bonds. The number of hydrogen-bond donors (Lipinski definition) is 0. The van der Waals surface area contributed by atoms with Crippen LogP contribution in [0.2, 0.25) is 25.2 Å². The minimum Gasteiger partial charge on any atom is -0.444 e. The Morgan fingerprint density at radius 2 is 1.92 bits per heavy atom. The number of carbonyl (C=O) groups is 1. The van der Waals surface area contributed by atoms with Crippen LogP contribution in [-0.4, -0.2) is 46.5 Å². The monoisotopic (exact) mass is 381 g/mol. The third-order valence-electron chi connectivity index (χ3n) is 4.97. The van der Waals surface area contributed by atoms with Gasteiger partial charge in [-0.25, -0.2) is 13.6 Å². The molecule has 26 heavy (non-hydrogen) atoms. The summed E-state index contributed by atoms with van der Waals surface area (Å²) in [5.74, 6) is -1.37. The highest BCUT2D eigenvalue weighted by Crippen LogP contribution is 2.34. The van der Waals surface area contributed by atoms with E-state index in [1.807, 2.05) is 0 Å². The highest BCUT2D eigenvalue weighted by molar-refractivity contribution is 6.77. The molecule has 0 saturated carbocycles. The number of amides is 1. The standard InChI is InChI=1S/C16H21F2N5O2Si/c1-26(2)5-3-22(4-6-26)15-13(17)7-11(8-14(15)18)23-10-12(9-20-21-19)25-16(23)24/h7-8,12H,3-6,9-10H2,1-2H3/t12-/m0/s1. The molecule has 0 unspecified atom stereocenters. The van der Waals surface area contributed by atoms with E-state index in [9.17, 15) is 13.6 Å². The van der Waals surface area contributed by atoms with Gasteiger partial charge in [-0.15, -0.1) is 0 Å². The van der Waals surface area contributed by atoms with Crippen LogP contribution in [0, 0.1) is 11.6 Å². The quantitative estimate of drug-likeness (QED) is 0.340. The molecule has 1 aromatic carbocycles. The minimum absolute atomic E-state index is 0.0186. The molecule has 1 aromatic rings. The number of cyclic esters (lactones) is 1. The number of hydrogen-bond acceptors (Lipinski definition) is 4. The van der Waals surface area contributed by atoms with E-state index in [0.29, 0.717) is 13.1 Å². The molecule has 2 aliphatic rings. The molecular formula is C16H21F2N5O2Si. The van der Waals surface area contributed by atoms with Crippen LogP contribution in [0.15, 0.2) is 17.2 Å². The van der Waals surface area contributed by atoms with Crippen LogP contribution in [0.3, 0.4) is 0 Å². The zero-order chi connectivity index (χ0) is 18.9. The molecule has 3 rings (SSSR count). The van der Waals surface area contributed by atoms with E-state index in [1.165, 1.54) is 0 Å². The average Bonchev–Trinajstić information content (AvgIpc) is 2.94. The molecule has 0 N–H and O–H groups in total. The average molecular weight is 381 g/mol. The van der Waals surface area contributed by atoms with E-state index in [1.54, 1.807) is 4.90 Å². The van der Waals surface area contributed by atoms with Crippen molar-refractivity contribution in [1.82, 2.24) is 0 Å². The number of halogens is 2. The van der Waals surface area contributed by atoms with Gasteiger partial charge in [0.2, 0.25) is 0 Å². The number of ether oxygens (including phenoxy) is 1. The molecule has 2 fully saturated rings. The smallest absolute Gasteiger partial charge is 0.414 e. The van der Waals surface area contributed by atoms with Gasteiger partial charge < -0.3 is 9.64 Å². The molecule has 2 aliphatic heterocycles. The van der Waals surface area contributed by atoms with Gasteiger partial charge in [0.15, 0.2) is 11.6 Å². The zero-order valence-electron chi connectivity index (χ0n) is 14.8. The first-order valence-corrected chi connectivity index (χ1v) is 12.0. The van der Waals surface area contributed by atoms with Crippen LogP contribution >= 0.6 is 0 Å². The predicted molar refractivity (Wildman–Crippen MR) is 97.3 cm³/mol. The van der Waals surface area contributed by atoms with Gasteiger partial charge in [0, 0.05) is 30.1 Å². The van der Waals surface area contributed by atoms with E-state index < -0.39 is 31.9 Å². The Kier molecular flexibility index (Phi) is 5.06. The van der Waals surface area contributed by atoms with Crippen molar-refractivity contribution in [2.45, 2.75) is 31.3 Å². The number of benzene rings is 1. The second-order valence-corrected chi connectivity index (χ2v) is 12.8. The number of anilines is 2. The number of azide groups is 1. The molecule has 1 atom stereocenters. The predicted octanol–water partition coefficient (Wildman–Crippen LogP) is 4.13. The lowest BCUT2D eigenvalue weighted by Gasteiger charge is -2.37. The van der Waals surface area contributed by atoms with E-state index in [0.717, 1.165) is 29.1 Å². The Labute approximate surface area is 151 Å². The van der Waals surface area contributed by atoms with Gasteiger partial charge in [-0.2, -0.15) is 0 Å². The van der Waals surface area contributed by atoms with Crippen molar-refractivity contribution >= 4 is 25.5 Å². The molecule has 0 spiro atoms. The van der Waals surface area contributed by atoms with E-state index >= 15 is 0 Å². The summed E-state index contributed by atoms with van der Waals surface area (Å²) < 4.78 is 34.4. The Hall–Kier alpha value is -2.32. The first kappa shape index (κ1) is 18.5. The molecule has 2 heterocycles. The lowest BCUT2D eigenvalue weighted by molar-refractivity contribution is 0.145. The first-order valence-electron chi connectivity index (χ1n) is 8.54. The van der Waals surface area contributed by atoms with Gasteiger partial charge in [-0.3, -0.25) is 4.90 Å². The van der Waals surface area contributed by atoms with Gasteiger partial charge in [-0.05, 0) is 17.6 Å². The van der Waals surface area contributed by atoms with Gasteiger partial charge in [0.25, 0.3) is 0 Å². The van der Waals surface area contributed by atoms with E-state index in [4.69, 9.17) is 10.3 Å². The van der Waals surface area contributed by atoms with Gasteiger partial charge in [-0.1, -0.05) is 18.2 Å². The van der Waals surface area contributed by atoms with Crippen LogP contribution < -0.4 is 9.80 Å². The van der Waals surface area contributed by atoms with Crippen molar-refractivity contribution in [2.75, 3.05) is 36.0 Å². The molecule has 0 aliphatic carbocycles. The third-order valence-corrected chi connectivity index (χ3v) is 8.12. The van der Waals surface area contributed by atoms with Crippen LogP contribution in [0.1, 0.15) is 0 Å². The topological polar surface area (TPSA) is 81.5 Å². The second-order valence-electron chi connectivity index (χ2n) is 7.44. The Morgan fingerprint density at radius 3 is 2.50 bits per heavy atom. The fourth-order valence-corrected chi connectivity index (χ4v) is 5.30. The normalized spacial score (nSPS) is 22.2. The maximum atomic E-state index is 14.7. The third kappa shape index (κ3) is 3.76. The summed E-state index contributed by atoms with van der Waals surface area (Å²) in [6.07, 6.45) is -1.33. The summed E-state index contributed by atoms with van der Waals surface area (Å²) in [7, 11) is -1.25.